The summed E-state index contributed by atoms with van der Waals surface area (Å²) in [6.07, 6.45) is 0. The van der Waals surface area contributed by atoms with Crippen LogP contribution in [0.2, 0.25) is 0 Å². The highest BCUT2D eigenvalue weighted by molar-refractivity contribution is 9.10. The number of halogens is 1. The molecule has 0 aliphatic heterocycles. The Balaban J connectivity index is 2.98. The van der Waals surface area contributed by atoms with E-state index in [2.05, 4.69) is 27.6 Å². The van der Waals surface area contributed by atoms with Crippen molar-refractivity contribution in [2.75, 3.05) is 0 Å². The highest BCUT2D eigenvalue weighted by Gasteiger charge is 1.99. The van der Waals surface area contributed by atoms with Crippen LogP contribution < -0.4 is 0 Å². The molecule has 0 fully saturated rings. The Bertz CT molecular complexity index is 279. The van der Waals surface area contributed by atoms with E-state index >= 15 is 0 Å². The standard InChI is InChI=1S/C8H6BrNO/c1-10-8(11)6-2-4-7(9)5-3-6/h2-5H,1H2. The molecular weight excluding hydrogens is 206 g/mol. The molecule has 0 radical (unpaired) electrons. The molecule has 0 saturated carbocycles. The molecule has 11 heavy (non-hydrogen) atoms. The molecule has 0 unspecified atom stereocenters. The van der Waals surface area contributed by atoms with Gasteiger partial charge in [0.15, 0.2) is 0 Å². The molecule has 0 aliphatic rings. The average molecular weight is 212 g/mol. The summed E-state index contributed by atoms with van der Waals surface area (Å²) < 4.78 is 0.943. The molecule has 1 rings (SSSR count). The molecule has 0 aliphatic carbocycles. The number of nitrogens with zero attached hydrogens (tertiary/aromatic N) is 1. The average Bonchev–Trinajstić information content (AvgIpc) is 2.05. The van der Waals surface area contributed by atoms with Crippen LogP contribution in [0.15, 0.2) is 33.7 Å². The molecule has 3 heteroatoms. The fourth-order valence-electron chi connectivity index (χ4n) is 0.684. The maximum atomic E-state index is 10.9. The van der Waals surface area contributed by atoms with Crippen LogP contribution in [0, 0.1) is 0 Å². The number of benzene rings is 1. The van der Waals surface area contributed by atoms with Crippen LogP contribution >= 0.6 is 15.9 Å². The van der Waals surface area contributed by atoms with Crippen molar-refractivity contribution in [1.29, 1.82) is 0 Å². The fourth-order valence-corrected chi connectivity index (χ4v) is 0.948. The molecule has 0 heterocycles. The number of rotatable bonds is 1. The molecule has 0 atom stereocenters. The van der Waals surface area contributed by atoms with Crippen LogP contribution in [0.3, 0.4) is 0 Å². The number of carbonyl (C=O) groups excluding carboxylic acids is 1. The number of hydrogen-bond donors (Lipinski definition) is 0. The second-order valence-corrected chi connectivity index (χ2v) is 2.89. The van der Waals surface area contributed by atoms with E-state index in [9.17, 15) is 4.79 Å². The van der Waals surface area contributed by atoms with E-state index < -0.39 is 0 Å². The Kier molecular flexibility index (Phi) is 2.54. The molecule has 0 saturated heterocycles. The van der Waals surface area contributed by atoms with Crippen LogP contribution in [0.25, 0.3) is 0 Å². The monoisotopic (exact) mass is 211 g/mol. The van der Waals surface area contributed by atoms with Gasteiger partial charge in [-0.05, 0) is 31.0 Å². The summed E-state index contributed by atoms with van der Waals surface area (Å²) in [7, 11) is 0. The molecule has 0 aromatic heterocycles. The summed E-state index contributed by atoms with van der Waals surface area (Å²) in [4.78, 5) is 14.2. The Morgan fingerprint density at radius 3 is 2.36 bits per heavy atom. The molecule has 0 spiro atoms. The van der Waals surface area contributed by atoms with Gasteiger partial charge in [-0.1, -0.05) is 15.9 Å². The van der Waals surface area contributed by atoms with E-state index in [1.165, 1.54) is 0 Å². The maximum Gasteiger partial charge on any atom is 0.276 e. The quantitative estimate of drug-likeness (QED) is 0.656. The Labute approximate surface area is 73.1 Å². The maximum absolute atomic E-state index is 10.9. The number of amides is 1. The molecule has 56 valence electrons. The number of hydrogen-bond acceptors (Lipinski definition) is 1. The van der Waals surface area contributed by atoms with Gasteiger partial charge in [0, 0.05) is 10.0 Å². The van der Waals surface area contributed by atoms with Crippen LogP contribution in [0.4, 0.5) is 0 Å². The van der Waals surface area contributed by atoms with E-state index in [1.807, 2.05) is 0 Å². The van der Waals surface area contributed by atoms with E-state index in [-0.39, 0.29) is 5.91 Å². The van der Waals surface area contributed by atoms with Crippen molar-refractivity contribution in [3.05, 3.63) is 34.3 Å². The first-order valence-corrected chi connectivity index (χ1v) is 3.80. The first-order valence-electron chi connectivity index (χ1n) is 3.00. The molecule has 1 amide bonds. The summed E-state index contributed by atoms with van der Waals surface area (Å²) in [5, 5.41) is 0. The van der Waals surface area contributed by atoms with Crippen molar-refractivity contribution in [1.82, 2.24) is 0 Å². The zero-order valence-corrected chi connectivity index (χ0v) is 7.34. The van der Waals surface area contributed by atoms with Crippen molar-refractivity contribution in [3.63, 3.8) is 0 Å². The van der Waals surface area contributed by atoms with Gasteiger partial charge in [-0.3, -0.25) is 4.79 Å². The van der Waals surface area contributed by atoms with Gasteiger partial charge in [0.1, 0.15) is 0 Å². The van der Waals surface area contributed by atoms with Crippen LogP contribution in [-0.4, -0.2) is 12.6 Å². The third-order valence-corrected chi connectivity index (χ3v) is 1.76. The van der Waals surface area contributed by atoms with Crippen molar-refractivity contribution in [2.45, 2.75) is 0 Å². The highest BCUT2D eigenvalue weighted by Crippen LogP contribution is 2.10. The van der Waals surface area contributed by atoms with Crippen molar-refractivity contribution in [3.8, 4) is 0 Å². The topological polar surface area (TPSA) is 29.4 Å². The lowest BCUT2D eigenvalue weighted by Gasteiger charge is -1.93. The first-order chi connectivity index (χ1) is 5.24. The van der Waals surface area contributed by atoms with Crippen LogP contribution in [-0.2, 0) is 0 Å². The van der Waals surface area contributed by atoms with Gasteiger partial charge < -0.3 is 0 Å². The van der Waals surface area contributed by atoms with Crippen molar-refractivity contribution < 1.29 is 4.79 Å². The van der Waals surface area contributed by atoms with E-state index in [4.69, 9.17) is 0 Å². The summed E-state index contributed by atoms with van der Waals surface area (Å²) in [6.45, 7) is 3.15. The van der Waals surface area contributed by atoms with Gasteiger partial charge in [-0.25, -0.2) is 4.99 Å². The van der Waals surface area contributed by atoms with Gasteiger partial charge in [0.2, 0.25) is 0 Å². The van der Waals surface area contributed by atoms with Crippen LogP contribution in [0.1, 0.15) is 10.4 Å². The van der Waals surface area contributed by atoms with Gasteiger partial charge in [-0.15, -0.1) is 0 Å². The Hall–Kier alpha value is -0.960. The second kappa shape index (κ2) is 3.44. The predicted molar refractivity (Wildman–Crippen MR) is 48.0 cm³/mol. The molecule has 0 N–H and O–H groups in total. The minimum Gasteiger partial charge on any atom is -0.267 e. The first kappa shape index (κ1) is 8.14. The third kappa shape index (κ3) is 1.98. The Morgan fingerprint density at radius 2 is 1.91 bits per heavy atom. The Morgan fingerprint density at radius 1 is 1.36 bits per heavy atom. The lowest BCUT2D eigenvalue weighted by atomic mass is 10.2. The normalized spacial score (nSPS) is 9.18. The van der Waals surface area contributed by atoms with Gasteiger partial charge in [-0.2, -0.15) is 0 Å². The lowest BCUT2D eigenvalue weighted by Crippen LogP contribution is -1.91. The minimum atomic E-state index is -0.294. The van der Waals surface area contributed by atoms with Crippen LogP contribution in [0.5, 0.6) is 0 Å². The third-order valence-electron chi connectivity index (χ3n) is 1.23. The molecule has 1 aromatic carbocycles. The summed E-state index contributed by atoms with van der Waals surface area (Å²) >= 11 is 3.26. The van der Waals surface area contributed by atoms with E-state index in [0.717, 1.165) is 4.47 Å². The predicted octanol–water partition coefficient (Wildman–Crippen LogP) is 2.29. The van der Waals surface area contributed by atoms with E-state index in [0.29, 0.717) is 5.56 Å². The lowest BCUT2D eigenvalue weighted by molar-refractivity contribution is 0.100. The smallest absolute Gasteiger partial charge is 0.267 e. The fraction of sp³-hybridized carbons (Fsp3) is 0. The van der Waals surface area contributed by atoms with Gasteiger partial charge in [0.05, 0.1) is 0 Å². The van der Waals surface area contributed by atoms with Crippen molar-refractivity contribution in [2.24, 2.45) is 4.99 Å². The highest BCUT2D eigenvalue weighted by atomic mass is 79.9. The largest absolute Gasteiger partial charge is 0.276 e. The zero-order valence-electron chi connectivity index (χ0n) is 5.75. The number of carbonyl (C=O) groups is 1. The summed E-state index contributed by atoms with van der Waals surface area (Å²) in [5.41, 5.74) is 0.559. The molecular formula is C8H6BrNO. The minimum absolute atomic E-state index is 0.294. The summed E-state index contributed by atoms with van der Waals surface area (Å²) in [5.74, 6) is -0.294. The van der Waals surface area contributed by atoms with E-state index in [1.54, 1.807) is 24.3 Å². The van der Waals surface area contributed by atoms with Gasteiger partial charge in [0.25, 0.3) is 5.91 Å². The second-order valence-electron chi connectivity index (χ2n) is 1.97. The SMILES string of the molecule is C=NC(=O)c1ccc(Br)cc1. The molecule has 1 aromatic rings. The van der Waals surface area contributed by atoms with Crippen molar-refractivity contribution >= 4 is 28.6 Å². The van der Waals surface area contributed by atoms with Gasteiger partial charge >= 0.3 is 0 Å². The summed E-state index contributed by atoms with van der Waals surface area (Å²) in [6, 6.07) is 6.97. The zero-order chi connectivity index (χ0) is 8.27. The number of aliphatic imine (C=N–C) groups is 1. The molecule has 0 bridgehead atoms. The molecule has 2 nitrogen and oxygen atoms in total.